The van der Waals surface area contributed by atoms with E-state index in [2.05, 4.69) is 21.1 Å². The normalized spacial score (nSPS) is 14.4. The minimum absolute atomic E-state index is 0.0730. The first-order valence-corrected chi connectivity index (χ1v) is 7.40. The van der Waals surface area contributed by atoms with E-state index in [0.717, 1.165) is 5.69 Å². The fraction of sp³-hybridized carbons (Fsp3) is 0.176. The highest BCUT2D eigenvalue weighted by Gasteiger charge is 2.20. The first kappa shape index (κ1) is 17.6. The zero-order valence-electron chi connectivity index (χ0n) is 12.9. The van der Waals surface area contributed by atoms with Gasteiger partial charge in [0.05, 0.1) is 24.2 Å². The Labute approximate surface area is 140 Å². The average Bonchev–Trinajstić information content (AvgIpc) is 2.65. The molecule has 7 nitrogen and oxygen atoms in total. The lowest BCUT2D eigenvalue weighted by Crippen LogP contribution is -2.37. The van der Waals surface area contributed by atoms with Crippen molar-refractivity contribution in [2.75, 3.05) is 17.5 Å². The highest BCUT2D eigenvalue weighted by atomic mass is 16.4. The van der Waals surface area contributed by atoms with Crippen LogP contribution in [0.3, 0.4) is 0 Å². The zero-order chi connectivity index (χ0) is 17.2. The molecule has 0 saturated carbocycles. The van der Waals surface area contributed by atoms with Gasteiger partial charge in [-0.05, 0) is 24.3 Å². The maximum absolute atomic E-state index is 10.1. The van der Waals surface area contributed by atoms with Gasteiger partial charge < -0.3 is 15.3 Å². The Bertz CT molecular complexity index is 662. The summed E-state index contributed by atoms with van der Waals surface area (Å²) >= 11 is 0. The minimum Gasteiger partial charge on any atom is -0.394 e. The Balaban J connectivity index is 2.10. The summed E-state index contributed by atoms with van der Waals surface area (Å²) in [5, 5.41) is 36.7. The molecule has 24 heavy (non-hydrogen) atoms. The van der Waals surface area contributed by atoms with Gasteiger partial charge in [0, 0.05) is 0 Å². The third-order valence-electron chi connectivity index (χ3n) is 3.11. The summed E-state index contributed by atoms with van der Waals surface area (Å²) in [7, 11) is 0. The molecule has 0 heterocycles. The molecule has 0 saturated heterocycles. The number of benzene rings is 2. The van der Waals surface area contributed by atoms with Gasteiger partial charge in [-0.25, -0.2) is 0 Å². The largest absolute Gasteiger partial charge is 0.394 e. The molecule has 5 N–H and O–H groups in total. The standard InChI is InChI=1S/C17H20N4O3/c22-12-16(23)17(24)15(21-20-14-9-5-2-6-10-14)11-18-19-13-7-3-1-4-8-13/h1-11,16-17,19-20,22-24H,12H2/b18-11+,21-15-/t16-,17+/m1/s1. The zero-order valence-corrected chi connectivity index (χ0v) is 12.9. The van der Waals surface area contributed by atoms with Crippen LogP contribution in [0.1, 0.15) is 0 Å². The van der Waals surface area contributed by atoms with Crippen LogP contribution in [0.5, 0.6) is 0 Å². The van der Waals surface area contributed by atoms with Crippen molar-refractivity contribution in [1.82, 2.24) is 0 Å². The van der Waals surface area contributed by atoms with Crippen LogP contribution in [-0.2, 0) is 0 Å². The molecule has 0 aliphatic carbocycles. The van der Waals surface area contributed by atoms with Crippen LogP contribution in [0.2, 0.25) is 0 Å². The van der Waals surface area contributed by atoms with Gasteiger partial charge in [0.25, 0.3) is 0 Å². The Morgan fingerprint density at radius 2 is 1.46 bits per heavy atom. The van der Waals surface area contributed by atoms with Crippen LogP contribution in [0.4, 0.5) is 11.4 Å². The van der Waals surface area contributed by atoms with E-state index in [-0.39, 0.29) is 5.71 Å². The fourth-order valence-electron chi connectivity index (χ4n) is 1.80. The highest BCUT2D eigenvalue weighted by Crippen LogP contribution is 2.06. The number of anilines is 2. The van der Waals surface area contributed by atoms with Crippen molar-refractivity contribution in [1.29, 1.82) is 0 Å². The maximum atomic E-state index is 10.1. The molecular formula is C17H20N4O3. The van der Waals surface area contributed by atoms with E-state index in [1.807, 2.05) is 48.5 Å². The monoisotopic (exact) mass is 328 g/mol. The lowest BCUT2D eigenvalue weighted by atomic mass is 10.1. The molecule has 0 amide bonds. The summed E-state index contributed by atoms with van der Waals surface area (Å²) in [5.74, 6) is 0. The molecule has 0 radical (unpaired) electrons. The van der Waals surface area contributed by atoms with E-state index in [1.165, 1.54) is 6.21 Å². The second kappa shape index (κ2) is 9.41. The molecule has 0 aromatic heterocycles. The van der Waals surface area contributed by atoms with Crippen LogP contribution in [-0.4, -0.2) is 46.1 Å². The predicted octanol–water partition coefficient (Wildman–Crippen LogP) is 1.27. The van der Waals surface area contributed by atoms with Crippen LogP contribution in [0, 0.1) is 0 Å². The van der Waals surface area contributed by atoms with Crippen molar-refractivity contribution in [3.05, 3.63) is 60.7 Å². The fourth-order valence-corrected chi connectivity index (χ4v) is 1.80. The lowest BCUT2D eigenvalue weighted by Gasteiger charge is -2.15. The summed E-state index contributed by atoms with van der Waals surface area (Å²) in [5.41, 5.74) is 7.11. The van der Waals surface area contributed by atoms with Gasteiger partial charge in [0.1, 0.15) is 17.9 Å². The number of nitrogens with zero attached hydrogens (tertiary/aromatic N) is 2. The summed E-state index contributed by atoms with van der Waals surface area (Å²) in [6.07, 6.45) is -1.45. The van der Waals surface area contributed by atoms with Crippen LogP contribution in [0.15, 0.2) is 70.9 Å². The van der Waals surface area contributed by atoms with E-state index in [4.69, 9.17) is 5.11 Å². The smallest absolute Gasteiger partial charge is 0.127 e. The quantitative estimate of drug-likeness (QED) is 0.370. The molecule has 2 rings (SSSR count). The highest BCUT2D eigenvalue weighted by molar-refractivity contribution is 6.33. The molecule has 0 bridgehead atoms. The number of hydrogen-bond acceptors (Lipinski definition) is 7. The first-order valence-electron chi connectivity index (χ1n) is 7.40. The summed E-state index contributed by atoms with van der Waals surface area (Å²) < 4.78 is 0. The molecule has 0 spiro atoms. The van der Waals surface area contributed by atoms with Gasteiger partial charge >= 0.3 is 0 Å². The van der Waals surface area contributed by atoms with Crippen LogP contribution >= 0.6 is 0 Å². The molecule has 0 aliphatic rings. The molecule has 7 heteroatoms. The maximum Gasteiger partial charge on any atom is 0.127 e. The predicted molar refractivity (Wildman–Crippen MR) is 95.2 cm³/mol. The van der Waals surface area contributed by atoms with E-state index >= 15 is 0 Å². The molecule has 0 unspecified atom stereocenters. The van der Waals surface area contributed by atoms with Gasteiger partial charge in [-0.1, -0.05) is 36.4 Å². The number of hydrogen-bond donors (Lipinski definition) is 5. The molecule has 2 atom stereocenters. The Morgan fingerprint density at radius 3 is 2.00 bits per heavy atom. The molecule has 2 aromatic rings. The minimum atomic E-state index is -1.38. The van der Waals surface area contributed by atoms with Crippen LogP contribution < -0.4 is 10.9 Å². The Hall–Kier alpha value is -2.74. The number of nitrogens with one attached hydrogen (secondary N) is 2. The van der Waals surface area contributed by atoms with Crippen molar-refractivity contribution in [2.24, 2.45) is 10.2 Å². The number of aliphatic hydroxyl groups excluding tert-OH is 3. The third kappa shape index (κ3) is 5.47. The van der Waals surface area contributed by atoms with Gasteiger partial charge in [0.2, 0.25) is 0 Å². The Kier molecular flexibility index (Phi) is 6.91. The summed E-state index contributed by atoms with van der Waals surface area (Å²) in [4.78, 5) is 0. The van der Waals surface area contributed by atoms with Gasteiger partial charge in [-0.15, -0.1) is 0 Å². The average molecular weight is 328 g/mol. The second-order valence-electron chi connectivity index (χ2n) is 4.95. The molecular weight excluding hydrogens is 308 g/mol. The summed E-state index contributed by atoms with van der Waals surface area (Å²) in [6, 6.07) is 18.4. The SMILES string of the molecule is OC[C@@H](O)[C@@H](O)C(/C=N/Nc1ccccc1)=N\Nc1ccccc1. The molecule has 2 aromatic carbocycles. The lowest BCUT2D eigenvalue weighted by molar-refractivity contribution is 0.0193. The van der Waals surface area contributed by atoms with Gasteiger partial charge in [-0.3, -0.25) is 10.9 Å². The topological polar surface area (TPSA) is 109 Å². The molecule has 126 valence electrons. The van der Waals surface area contributed by atoms with E-state index in [1.54, 1.807) is 12.1 Å². The third-order valence-corrected chi connectivity index (χ3v) is 3.11. The number of rotatable bonds is 8. The van der Waals surface area contributed by atoms with E-state index in [9.17, 15) is 10.2 Å². The van der Waals surface area contributed by atoms with Crippen molar-refractivity contribution in [3.63, 3.8) is 0 Å². The van der Waals surface area contributed by atoms with E-state index < -0.39 is 18.8 Å². The van der Waals surface area contributed by atoms with Crippen molar-refractivity contribution in [2.45, 2.75) is 12.2 Å². The summed E-state index contributed by atoms with van der Waals surface area (Å²) in [6.45, 7) is -0.592. The van der Waals surface area contributed by atoms with Crippen molar-refractivity contribution in [3.8, 4) is 0 Å². The van der Waals surface area contributed by atoms with Gasteiger partial charge in [0.15, 0.2) is 0 Å². The van der Waals surface area contributed by atoms with Crippen molar-refractivity contribution < 1.29 is 15.3 Å². The molecule has 0 aliphatic heterocycles. The van der Waals surface area contributed by atoms with E-state index in [0.29, 0.717) is 5.69 Å². The first-order chi connectivity index (χ1) is 11.7. The Morgan fingerprint density at radius 1 is 0.917 bits per heavy atom. The second-order valence-corrected chi connectivity index (χ2v) is 4.95. The number of aliphatic hydroxyl groups is 3. The van der Waals surface area contributed by atoms with Crippen molar-refractivity contribution >= 4 is 23.3 Å². The number of hydrazone groups is 2. The van der Waals surface area contributed by atoms with Gasteiger partial charge in [-0.2, -0.15) is 10.2 Å². The van der Waals surface area contributed by atoms with Crippen LogP contribution in [0.25, 0.3) is 0 Å². The molecule has 0 fully saturated rings. The number of para-hydroxylation sites is 2.